The van der Waals surface area contributed by atoms with E-state index in [1.54, 1.807) is 13.3 Å². The van der Waals surface area contributed by atoms with Crippen molar-refractivity contribution in [2.45, 2.75) is 110 Å². The van der Waals surface area contributed by atoms with Gasteiger partial charge in [0.05, 0.1) is 25.0 Å². The number of unbranched alkanes of at least 4 members (excludes halogenated alkanes) is 4. The van der Waals surface area contributed by atoms with E-state index >= 15 is 0 Å². The van der Waals surface area contributed by atoms with Crippen molar-refractivity contribution in [3.05, 3.63) is 57.8 Å². The first-order valence-corrected chi connectivity index (χ1v) is 18.9. The molecule has 1 unspecified atom stereocenters. The summed E-state index contributed by atoms with van der Waals surface area (Å²) in [7, 11) is 1.55. The SMILES string of the molecule is CCCCCn1nncc1CCCCC(NC(=O)CCC(=O)NCc1ccc(Cn2c(=O)[nH]c3c(N)nc(OCCOC)nc32)cc1)C(=O)NCCCC. The number of aryl methyl sites for hydroxylation is 2. The minimum absolute atomic E-state index is 0.0191. The Morgan fingerprint density at radius 1 is 0.926 bits per heavy atom. The van der Waals surface area contributed by atoms with Crippen molar-refractivity contribution in [3.63, 3.8) is 0 Å². The van der Waals surface area contributed by atoms with E-state index in [9.17, 15) is 19.2 Å². The number of methoxy groups -OCH3 is 1. The second kappa shape index (κ2) is 22.0. The van der Waals surface area contributed by atoms with E-state index in [4.69, 9.17) is 15.2 Å². The van der Waals surface area contributed by atoms with Gasteiger partial charge < -0.3 is 36.1 Å². The van der Waals surface area contributed by atoms with Crippen LogP contribution in [0, 0.1) is 0 Å². The number of nitrogens with zero attached hydrogens (tertiary/aromatic N) is 6. The van der Waals surface area contributed by atoms with Crippen LogP contribution < -0.4 is 32.1 Å². The monoisotopic (exact) mass is 749 g/mol. The standard InChI is InChI=1S/C37H55N11O6/c1-4-6-10-20-48-28(24-41-46-48)11-8-9-12-29(35(51)39-19-7-5-2)42-31(50)18-17-30(49)40-23-26-13-15-27(16-14-26)25-47-34-32(43-37(47)52)33(38)44-36(45-34)54-22-21-53-3/h13-16,24,29H,4-12,17-23,25H2,1-3H3,(H,39,51)(H,40,49)(H,42,50)(H,43,52)(H2,38,44,45). The highest BCUT2D eigenvalue weighted by Crippen LogP contribution is 2.19. The average Bonchev–Trinajstić information content (AvgIpc) is 3.75. The normalized spacial score (nSPS) is 11.8. The van der Waals surface area contributed by atoms with Crippen molar-refractivity contribution in [1.29, 1.82) is 0 Å². The molecule has 0 bridgehead atoms. The lowest BCUT2D eigenvalue weighted by molar-refractivity contribution is -0.130. The molecule has 1 aromatic carbocycles. The molecule has 294 valence electrons. The van der Waals surface area contributed by atoms with Crippen LogP contribution in [0.25, 0.3) is 11.2 Å². The minimum Gasteiger partial charge on any atom is -0.461 e. The van der Waals surface area contributed by atoms with E-state index in [0.717, 1.165) is 74.7 Å². The number of carbonyl (C=O) groups is 3. The number of nitrogen functional groups attached to an aromatic ring is 1. The Morgan fingerprint density at radius 2 is 1.69 bits per heavy atom. The van der Waals surface area contributed by atoms with Gasteiger partial charge in [0.2, 0.25) is 17.7 Å². The van der Waals surface area contributed by atoms with Gasteiger partial charge in [-0.25, -0.2) is 9.48 Å². The van der Waals surface area contributed by atoms with Crippen LogP contribution in [-0.4, -0.2) is 85.1 Å². The molecule has 0 saturated carbocycles. The highest BCUT2D eigenvalue weighted by molar-refractivity contribution is 5.89. The smallest absolute Gasteiger partial charge is 0.328 e. The van der Waals surface area contributed by atoms with Gasteiger partial charge >= 0.3 is 11.7 Å². The fourth-order valence-electron chi connectivity index (χ4n) is 5.79. The van der Waals surface area contributed by atoms with Gasteiger partial charge in [-0.05, 0) is 43.2 Å². The summed E-state index contributed by atoms with van der Waals surface area (Å²) in [6.07, 6.45) is 9.72. The van der Waals surface area contributed by atoms with Crippen molar-refractivity contribution in [3.8, 4) is 6.01 Å². The summed E-state index contributed by atoms with van der Waals surface area (Å²) in [6, 6.07) is 6.77. The predicted octanol–water partition coefficient (Wildman–Crippen LogP) is 2.77. The molecule has 17 nitrogen and oxygen atoms in total. The molecule has 1 atom stereocenters. The quantitative estimate of drug-likeness (QED) is 0.0619. The number of benzene rings is 1. The molecule has 6 N–H and O–H groups in total. The van der Waals surface area contributed by atoms with Gasteiger partial charge in [-0.15, -0.1) is 5.10 Å². The number of amides is 3. The largest absolute Gasteiger partial charge is 0.461 e. The van der Waals surface area contributed by atoms with Crippen LogP contribution in [0.3, 0.4) is 0 Å². The van der Waals surface area contributed by atoms with Crippen LogP contribution in [0.2, 0.25) is 0 Å². The lowest BCUT2D eigenvalue weighted by Gasteiger charge is -2.18. The molecule has 0 radical (unpaired) electrons. The van der Waals surface area contributed by atoms with Gasteiger partial charge in [0.15, 0.2) is 11.5 Å². The van der Waals surface area contributed by atoms with Gasteiger partial charge in [-0.2, -0.15) is 9.97 Å². The second-order valence-corrected chi connectivity index (χ2v) is 13.2. The highest BCUT2D eigenvalue weighted by Gasteiger charge is 2.21. The Labute approximate surface area is 315 Å². The first-order chi connectivity index (χ1) is 26.2. The fourth-order valence-corrected chi connectivity index (χ4v) is 5.79. The highest BCUT2D eigenvalue weighted by atomic mass is 16.5. The third-order valence-corrected chi connectivity index (χ3v) is 8.91. The number of nitrogens with two attached hydrogens (primary N) is 1. The summed E-state index contributed by atoms with van der Waals surface area (Å²) in [5.41, 5.74) is 9.02. The van der Waals surface area contributed by atoms with Gasteiger partial charge in [0.1, 0.15) is 18.2 Å². The van der Waals surface area contributed by atoms with Crippen molar-refractivity contribution >= 4 is 34.7 Å². The lowest BCUT2D eigenvalue weighted by Crippen LogP contribution is -2.47. The fraction of sp³-hybridized carbons (Fsp3) is 0.568. The average molecular weight is 750 g/mol. The summed E-state index contributed by atoms with van der Waals surface area (Å²) in [4.78, 5) is 62.4. The molecular formula is C37H55N11O6. The molecular weight excluding hydrogens is 694 g/mol. The van der Waals surface area contributed by atoms with Crippen LogP contribution in [0.5, 0.6) is 6.01 Å². The zero-order chi connectivity index (χ0) is 38.7. The molecule has 0 fully saturated rings. The molecule has 0 saturated heterocycles. The van der Waals surface area contributed by atoms with Crippen LogP contribution in [0.15, 0.2) is 35.3 Å². The number of hydrogen-bond acceptors (Lipinski definition) is 11. The first-order valence-electron chi connectivity index (χ1n) is 18.9. The van der Waals surface area contributed by atoms with Gasteiger partial charge in [0, 0.05) is 39.6 Å². The Morgan fingerprint density at radius 3 is 2.44 bits per heavy atom. The topological polar surface area (TPSA) is 226 Å². The Hall–Kier alpha value is -5.32. The molecule has 0 aliphatic heterocycles. The van der Waals surface area contributed by atoms with Gasteiger partial charge in [-0.3, -0.25) is 19.0 Å². The van der Waals surface area contributed by atoms with Gasteiger partial charge in [0.25, 0.3) is 0 Å². The van der Waals surface area contributed by atoms with Crippen molar-refractivity contribution in [2.75, 3.05) is 32.6 Å². The summed E-state index contributed by atoms with van der Waals surface area (Å²) >= 11 is 0. The van der Waals surface area contributed by atoms with E-state index in [1.165, 1.54) is 4.57 Å². The summed E-state index contributed by atoms with van der Waals surface area (Å²) in [5.74, 6) is -0.744. The summed E-state index contributed by atoms with van der Waals surface area (Å²) < 4.78 is 13.9. The van der Waals surface area contributed by atoms with Crippen molar-refractivity contribution in [1.82, 2.24) is 50.5 Å². The van der Waals surface area contributed by atoms with Crippen molar-refractivity contribution < 1.29 is 23.9 Å². The third-order valence-electron chi connectivity index (χ3n) is 8.91. The number of ether oxygens (including phenoxy) is 2. The number of imidazole rings is 1. The number of anilines is 1. The Bertz CT molecular complexity index is 1840. The minimum atomic E-state index is -0.676. The second-order valence-electron chi connectivity index (χ2n) is 13.2. The molecule has 4 rings (SSSR count). The predicted molar refractivity (Wildman–Crippen MR) is 204 cm³/mol. The molecule has 3 aromatic heterocycles. The van der Waals surface area contributed by atoms with Crippen LogP contribution in [0.1, 0.15) is 94.9 Å². The number of hydrogen-bond donors (Lipinski definition) is 5. The zero-order valence-corrected chi connectivity index (χ0v) is 31.7. The van der Waals surface area contributed by atoms with Crippen LogP contribution in [0.4, 0.5) is 5.82 Å². The maximum atomic E-state index is 13.0. The molecule has 0 spiro atoms. The third kappa shape index (κ3) is 13.0. The molecule has 0 aliphatic carbocycles. The maximum Gasteiger partial charge on any atom is 0.328 e. The molecule has 54 heavy (non-hydrogen) atoms. The maximum absolute atomic E-state index is 13.0. The lowest BCUT2D eigenvalue weighted by atomic mass is 10.1. The number of aromatic amines is 1. The molecule has 3 amide bonds. The summed E-state index contributed by atoms with van der Waals surface area (Å²) in [5, 5.41) is 16.9. The number of aromatic nitrogens is 7. The van der Waals surface area contributed by atoms with Gasteiger partial charge in [-0.1, -0.05) is 69.0 Å². The number of H-pyrrole nitrogens is 1. The number of rotatable bonds is 25. The van der Waals surface area contributed by atoms with E-state index in [-0.39, 0.29) is 67.8 Å². The Balaban J connectivity index is 1.23. The van der Waals surface area contributed by atoms with E-state index in [2.05, 4.69) is 48.1 Å². The molecule has 0 aliphatic rings. The molecule has 4 aromatic rings. The number of nitrogens with one attached hydrogen (secondary N) is 4. The zero-order valence-electron chi connectivity index (χ0n) is 31.7. The molecule has 3 heterocycles. The number of carbonyl (C=O) groups excluding carboxylic acids is 3. The van der Waals surface area contributed by atoms with E-state index in [0.29, 0.717) is 30.7 Å². The van der Waals surface area contributed by atoms with E-state index in [1.807, 2.05) is 35.9 Å². The van der Waals surface area contributed by atoms with Crippen LogP contribution >= 0.6 is 0 Å². The van der Waals surface area contributed by atoms with Crippen LogP contribution in [-0.2, 0) is 45.2 Å². The number of fused-ring (bicyclic) bond motifs is 1. The summed E-state index contributed by atoms with van der Waals surface area (Å²) in [6.45, 7) is 6.66. The molecule has 17 heteroatoms. The first kappa shape index (κ1) is 41.4. The Kier molecular flexibility index (Phi) is 16.9. The van der Waals surface area contributed by atoms with E-state index < -0.39 is 6.04 Å². The van der Waals surface area contributed by atoms with Crippen molar-refractivity contribution in [2.24, 2.45) is 0 Å².